The summed E-state index contributed by atoms with van der Waals surface area (Å²) in [5, 5.41) is 3.04. The third-order valence-electron chi connectivity index (χ3n) is 5.75. The smallest absolute Gasteiger partial charge is 0.251 e. The summed E-state index contributed by atoms with van der Waals surface area (Å²) in [7, 11) is 0. The highest BCUT2D eigenvalue weighted by Gasteiger charge is 2.18. The SMILES string of the molecule is CCOc1ccccc1CCCNC(=O)c1ccc(CN2CCc3ccccc32)cc1. The van der Waals surface area contributed by atoms with Gasteiger partial charge in [0, 0.05) is 30.9 Å². The van der Waals surface area contributed by atoms with E-state index < -0.39 is 0 Å². The Morgan fingerprint density at radius 2 is 1.77 bits per heavy atom. The molecule has 1 aliphatic heterocycles. The highest BCUT2D eigenvalue weighted by atomic mass is 16.5. The van der Waals surface area contributed by atoms with Gasteiger partial charge in [0.15, 0.2) is 0 Å². The molecule has 0 saturated carbocycles. The molecule has 160 valence electrons. The Bertz CT molecular complexity index is 1010. The van der Waals surface area contributed by atoms with Gasteiger partial charge in [0.05, 0.1) is 6.61 Å². The van der Waals surface area contributed by atoms with Gasteiger partial charge in [0.1, 0.15) is 5.75 Å². The number of fused-ring (bicyclic) bond motifs is 1. The van der Waals surface area contributed by atoms with Crippen LogP contribution in [-0.2, 0) is 19.4 Å². The lowest BCUT2D eigenvalue weighted by molar-refractivity contribution is 0.0953. The largest absolute Gasteiger partial charge is 0.494 e. The summed E-state index contributed by atoms with van der Waals surface area (Å²) in [6.07, 6.45) is 2.86. The van der Waals surface area contributed by atoms with Gasteiger partial charge in [-0.1, -0.05) is 48.5 Å². The zero-order valence-corrected chi connectivity index (χ0v) is 18.1. The van der Waals surface area contributed by atoms with Gasteiger partial charge in [0.2, 0.25) is 0 Å². The number of hydrogen-bond donors (Lipinski definition) is 1. The molecule has 4 heteroatoms. The molecule has 1 aliphatic rings. The van der Waals surface area contributed by atoms with Crippen LogP contribution in [0.1, 0.15) is 40.4 Å². The fourth-order valence-electron chi connectivity index (χ4n) is 4.14. The molecule has 31 heavy (non-hydrogen) atoms. The van der Waals surface area contributed by atoms with Crippen LogP contribution < -0.4 is 15.0 Å². The van der Waals surface area contributed by atoms with Gasteiger partial charge < -0.3 is 15.0 Å². The summed E-state index contributed by atoms with van der Waals surface area (Å²) in [6.45, 7) is 5.22. The first kappa shape index (κ1) is 21.0. The third-order valence-corrected chi connectivity index (χ3v) is 5.75. The van der Waals surface area contributed by atoms with E-state index in [1.807, 2.05) is 37.3 Å². The minimum Gasteiger partial charge on any atom is -0.494 e. The molecule has 0 saturated heterocycles. The zero-order valence-electron chi connectivity index (χ0n) is 18.1. The van der Waals surface area contributed by atoms with E-state index in [-0.39, 0.29) is 5.91 Å². The molecule has 1 heterocycles. The number of anilines is 1. The number of benzene rings is 3. The molecule has 4 rings (SSSR count). The Kier molecular flexibility index (Phi) is 6.88. The fourth-order valence-corrected chi connectivity index (χ4v) is 4.14. The Morgan fingerprint density at radius 3 is 2.61 bits per heavy atom. The lowest BCUT2D eigenvalue weighted by Crippen LogP contribution is -2.25. The first-order valence-electron chi connectivity index (χ1n) is 11.2. The van der Waals surface area contributed by atoms with Crippen LogP contribution in [0.3, 0.4) is 0 Å². The number of nitrogens with zero attached hydrogens (tertiary/aromatic N) is 1. The van der Waals surface area contributed by atoms with Crippen molar-refractivity contribution in [3.05, 3.63) is 95.1 Å². The molecule has 0 fully saturated rings. The number of carbonyl (C=O) groups is 1. The van der Waals surface area contributed by atoms with E-state index in [1.165, 1.54) is 22.4 Å². The summed E-state index contributed by atoms with van der Waals surface area (Å²) in [5.74, 6) is 0.920. The lowest BCUT2D eigenvalue weighted by Gasteiger charge is -2.19. The maximum atomic E-state index is 12.5. The van der Waals surface area contributed by atoms with E-state index in [2.05, 4.69) is 52.7 Å². The molecule has 0 aromatic heterocycles. The van der Waals surface area contributed by atoms with Crippen molar-refractivity contribution in [2.45, 2.75) is 32.7 Å². The number of rotatable bonds is 9. The van der Waals surface area contributed by atoms with Crippen molar-refractivity contribution in [3.63, 3.8) is 0 Å². The normalized spacial score (nSPS) is 12.5. The van der Waals surface area contributed by atoms with Gasteiger partial charge >= 0.3 is 0 Å². The molecule has 0 aliphatic carbocycles. The van der Waals surface area contributed by atoms with Crippen LogP contribution in [0.15, 0.2) is 72.8 Å². The Hall–Kier alpha value is -3.27. The highest BCUT2D eigenvalue weighted by molar-refractivity contribution is 5.94. The van der Waals surface area contributed by atoms with Crippen LogP contribution in [0.2, 0.25) is 0 Å². The van der Waals surface area contributed by atoms with Crippen LogP contribution in [0.4, 0.5) is 5.69 Å². The number of hydrogen-bond acceptors (Lipinski definition) is 3. The van der Waals surface area contributed by atoms with Crippen LogP contribution in [0.25, 0.3) is 0 Å². The standard InChI is InChI=1S/C27H30N2O2/c1-2-31-26-12-6-4-9-23(26)10-7-18-28-27(30)24-15-13-21(14-16-24)20-29-19-17-22-8-3-5-11-25(22)29/h3-6,8-9,11-16H,2,7,10,17-20H2,1H3,(H,28,30). The molecule has 3 aromatic carbocycles. The van der Waals surface area contributed by atoms with Crippen LogP contribution in [0, 0.1) is 0 Å². The topological polar surface area (TPSA) is 41.6 Å². The van der Waals surface area contributed by atoms with E-state index in [0.29, 0.717) is 18.7 Å². The summed E-state index contributed by atoms with van der Waals surface area (Å²) < 4.78 is 5.67. The van der Waals surface area contributed by atoms with Gasteiger partial charge in [0.25, 0.3) is 5.91 Å². The average Bonchev–Trinajstić information content (AvgIpc) is 3.21. The van der Waals surface area contributed by atoms with E-state index in [9.17, 15) is 4.79 Å². The summed E-state index contributed by atoms with van der Waals surface area (Å²) >= 11 is 0. The van der Waals surface area contributed by atoms with E-state index in [0.717, 1.165) is 38.1 Å². The number of amides is 1. The van der Waals surface area contributed by atoms with E-state index in [1.54, 1.807) is 0 Å². The number of nitrogens with one attached hydrogen (secondary N) is 1. The third kappa shape index (κ3) is 5.26. The van der Waals surface area contributed by atoms with E-state index >= 15 is 0 Å². The summed E-state index contributed by atoms with van der Waals surface area (Å²) in [5.41, 5.74) is 5.87. The monoisotopic (exact) mass is 414 g/mol. The molecule has 3 aromatic rings. The zero-order chi connectivity index (χ0) is 21.5. The lowest BCUT2D eigenvalue weighted by atomic mass is 10.1. The predicted octanol–water partition coefficient (Wildman–Crippen LogP) is 5.01. The van der Waals surface area contributed by atoms with Gasteiger partial charge in [-0.3, -0.25) is 4.79 Å². The Balaban J connectivity index is 1.25. The molecule has 0 spiro atoms. The van der Waals surface area contributed by atoms with Gasteiger partial charge in [-0.25, -0.2) is 0 Å². The molecule has 0 radical (unpaired) electrons. The second kappa shape index (κ2) is 10.2. The van der Waals surface area contributed by atoms with Crippen molar-refractivity contribution in [2.24, 2.45) is 0 Å². The number of aryl methyl sites for hydroxylation is 1. The Morgan fingerprint density at radius 1 is 1.00 bits per heavy atom. The molecule has 0 bridgehead atoms. The van der Waals surface area contributed by atoms with Gasteiger partial charge in [-0.2, -0.15) is 0 Å². The minimum atomic E-state index is -0.0174. The molecule has 0 unspecified atom stereocenters. The number of para-hydroxylation sites is 2. The van der Waals surface area contributed by atoms with Crippen molar-refractivity contribution >= 4 is 11.6 Å². The van der Waals surface area contributed by atoms with Crippen molar-refractivity contribution in [1.82, 2.24) is 5.32 Å². The first-order chi connectivity index (χ1) is 15.2. The van der Waals surface area contributed by atoms with Crippen molar-refractivity contribution in [2.75, 3.05) is 24.6 Å². The maximum Gasteiger partial charge on any atom is 0.251 e. The molecule has 0 atom stereocenters. The quantitative estimate of drug-likeness (QED) is 0.501. The van der Waals surface area contributed by atoms with Crippen LogP contribution >= 0.6 is 0 Å². The van der Waals surface area contributed by atoms with Gasteiger partial charge in [-0.05, 0) is 67.1 Å². The second-order valence-electron chi connectivity index (χ2n) is 7.90. The predicted molar refractivity (Wildman–Crippen MR) is 126 cm³/mol. The number of carbonyl (C=O) groups excluding carboxylic acids is 1. The number of ether oxygens (including phenoxy) is 1. The van der Waals surface area contributed by atoms with Crippen molar-refractivity contribution in [3.8, 4) is 5.75 Å². The first-order valence-corrected chi connectivity index (χ1v) is 11.2. The van der Waals surface area contributed by atoms with E-state index in [4.69, 9.17) is 4.74 Å². The molecule has 1 N–H and O–H groups in total. The summed E-state index contributed by atoms with van der Waals surface area (Å²) in [4.78, 5) is 14.9. The highest BCUT2D eigenvalue weighted by Crippen LogP contribution is 2.28. The second-order valence-corrected chi connectivity index (χ2v) is 7.90. The molecular weight excluding hydrogens is 384 g/mol. The van der Waals surface area contributed by atoms with Crippen LogP contribution in [0.5, 0.6) is 5.75 Å². The van der Waals surface area contributed by atoms with Crippen molar-refractivity contribution < 1.29 is 9.53 Å². The minimum absolute atomic E-state index is 0.0174. The fraction of sp³-hybridized carbons (Fsp3) is 0.296. The van der Waals surface area contributed by atoms with Crippen LogP contribution in [-0.4, -0.2) is 25.6 Å². The average molecular weight is 415 g/mol. The van der Waals surface area contributed by atoms with Crippen molar-refractivity contribution in [1.29, 1.82) is 0 Å². The maximum absolute atomic E-state index is 12.5. The molecular formula is C27H30N2O2. The molecule has 4 nitrogen and oxygen atoms in total. The van der Waals surface area contributed by atoms with Gasteiger partial charge in [-0.15, -0.1) is 0 Å². The summed E-state index contributed by atoms with van der Waals surface area (Å²) in [6, 6.07) is 24.7. The molecule has 1 amide bonds. The Labute approximate surface area is 184 Å².